The fraction of sp³-hybridized carbons (Fsp3) is 0.342. The highest BCUT2D eigenvalue weighted by atomic mass is 35.5. The number of phenolic OH excluding ortho intramolecular Hbond substituents is 1. The third-order valence-electron chi connectivity index (χ3n) is 11.1. The molecule has 7 rings (SSSR count). The number of allylic oxidation sites excluding steroid dienone is 2. The number of methoxy groups -OCH3 is 3. The monoisotopic (exact) mass is 763 g/mol. The molecule has 3 fully saturated rings. The van der Waals surface area contributed by atoms with Crippen molar-refractivity contribution >= 4 is 58.5 Å². The number of carbonyl (C=O) groups is 5. The number of phenols is 1. The first-order chi connectivity index (χ1) is 25.4. The number of aliphatic carboxylic acids is 1. The van der Waals surface area contributed by atoms with E-state index in [9.17, 15) is 29.4 Å². The Bertz CT molecular complexity index is 2060. The topological polar surface area (TPSA) is 172 Å². The summed E-state index contributed by atoms with van der Waals surface area (Å²) in [7, 11) is 4.25. The molecule has 3 N–H and O–H groups in total. The van der Waals surface area contributed by atoms with Gasteiger partial charge in [-0.15, -0.1) is 0 Å². The van der Waals surface area contributed by atoms with Crippen molar-refractivity contribution in [1.82, 2.24) is 9.91 Å². The summed E-state index contributed by atoms with van der Waals surface area (Å²) >= 11 is 12.7. The standard InChI is InChI=1S/C38H35Cl2N3O10/c1-51-21-7-4-19(5-8-21)38-25(35(48)43(37(38)50)41-27-11-6-20(39)16-26(27)40)17-24-22(32(38)18-14-28(52-2)33(46)29(15-18)53-3)9-10-23-31(24)36(49)42(34(23)47)13-12-30(44)45/h4-9,11,14-16,23-25,31-32,41,46H,10,12-13,17H2,1-3H3,(H,44,45)/t23-,24+,25-,31-,32-,38+/m0/s1. The minimum absolute atomic E-state index is 0.00474. The zero-order valence-electron chi connectivity index (χ0n) is 28.8. The van der Waals surface area contributed by atoms with Crippen molar-refractivity contribution in [2.75, 3.05) is 33.3 Å². The first-order valence-corrected chi connectivity index (χ1v) is 17.6. The average molecular weight is 765 g/mol. The fourth-order valence-corrected chi connectivity index (χ4v) is 9.24. The maximum atomic E-state index is 15.4. The van der Waals surface area contributed by atoms with E-state index in [0.717, 1.165) is 9.91 Å². The number of benzene rings is 3. The van der Waals surface area contributed by atoms with Gasteiger partial charge in [0.25, 0.3) is 11.8 Å². The predicted octanol–water partition coefficient (Wildman–Crippen LogP) is 5.18. The Morgan fingerprint density at radius 3 is 2.19 bits per heavy atom. The molecule has 13 nitrogen and oxygen atoms in total. The van der Waals surface area contributed by atoms with Crippen LogP contribution in [0.15, 0.2) is 66.2 Å². The summed E-state index contributed by atoms with van der Waals surface area (Å²) in [4.78, 5) is 70.5. The van der Waals surface area contributed by atoms with Crippen LogP contribution in [0, 0.1) is 23.7 Å². The second kappa shape index (κ2) is 13.6. The molecule has 2 heterocycles. The van der Waals surface area contributed by atoms with Crippen molar-refractivity contribution in [1.29, 1.82) is 0 Å². The molecule has 276 valence electrons. The molecule has 53 heavy (non-hydrogen) atoms. The van der Waals surface area contributed by atoms with Crippen molar-refractivity contribution in [3.8, 4) is 23.0 Å². The van der Waals surface area contributed by atoms with E-state index in [2.05, 4.69) is 5.43 Å². The second-order valence-electron chi connectivity index (χ2n) is 13.5. The maximum Gasteiger partial charge on any atom is 0.305 e. The number of imide groups is 2. The number of nitrogens with one attached hydrogen (secondary N) is 1. The summed E-state index contributed by atoms with van der Waals surface area (Å²) in [6.45, 7) is -0.284. The van der Waals surface area contributed by atoms with Crippen molar-refractivity contribution in [2.24, 2.45) is 23.7 Å². The van der Waals surface area contributed by atoms with Gasteiger partial charge in [0.05, 0.1) is 61.6 Å². The summed E-state index contributed by atoms with van der Waals surface area (Å²) in [5, 5.41) is 21.7. The third kappa shape index (κ3) is 5.56. The summed E-state index contributed by atoms with van der Waals surface area (Å²) in [6.07, 6.45) is 1.59. The van der Waals surface area contributed by atoms with E-state index in [1.54, 1.807) is 48.5 Å². The normalized spacial score (nSPS) is 26.1. The van der Waals surface area contributed by atoms with E-state index >= 15 is 4.79 Å². The van der Waals surface area contributed by atoms with E-state index in [1.165, 1.54) is 27.4 Å². The van der Waals surface area contributed by atoms with Gasteiger partial charge in [0.2, 0.25) is 17.6 Å². The molecule has 0 radical (unpaired) electrons. The van der Waals surface area contributed by atoms with E-state index in [-0.39, 0.29) is 47.3 Å². The number of carbonyl (C=O) groups excluding carboxylic acids is 4. The van der Waals surface area contributed by atoms with Gasteiger partial charge in [-0.25, -0.2) is 0 Å². The molecular weight excluding hydrogens is 729 g/mol. The Kier molecular flexibility index (Phi) is 9.27. The molecule has 3 aromatic rings. The second-order valence-corrected chi connectivity index (χ2v) is 14.3. The number of hydrogen-bond acceptors (Lipinski definition) is 10. The zero-order valence-corrected chi connectivity index (χ0v) is 30.3. The fourth-order valence-electron chi connectivity index (χ4n) is 8.79. The van der Waals surface area contributed by atoms with Gasteiger partial charge in [0, 0.05) is 17.5 Å². The number of amides is 4. The number of carboxylic acids is 1. The Labute approximate surface area is 314 Å². The van der Waals surface area contributed by atoms with Crippen molar-refractivity contribution in [3.05, 3.63) is 87.4 Å². The lowest BCUT2D eigenvalue weighted by atomic mass is 9.49. The van der Waals surface area contributed by atoms with Gasteiger partial charge in [0.1, 0.15) is 5.75 Å². The van der Waals surface area contributed by atoms with E-state index < -0.39 is 71.0 Å². The first kappa shape index (κ1) is 36.1. The maximum absolute atomic E-state index is 15.4. The number of hydrazine groups is 1. The highest BCUT2D eigenvalue weighted by molar-refractivity contribution is 6.36. The Morgan fingerprint density at radius 2 is 1.58 bits per heavy atom. The molecule has 0 aromatic heterocycles. The van der Waals surface area contributed by atoms with E-state index in [0.29, 0.717) is 27.5 Å². The van der Waals surface area contributed by atoms with Crippen LogP contribution < -0.4 is 19.6 Å². The number of nitrogens with zero attached hydrogens (tertiary/aromatic N) is 2. The number of carboxylic acid groups (broad SMARTS) is 1. The van der Waals surface area contributed by atoms with Gasteiger partial charge in [-0.1, -0.05) is 47.0 Å². The van der Waals surface area contributed by atoms with Crippen LogP contribution in [0.25, 0.3) is 0 Å². The van der Waals surface area contributed by atoms with Crippen LogP contribution in [0.2, 0.25) is 10.0 Å². The largest absolute Gasteiger partial charge is 0.502 e. The van der Waals surface area contributed by atoms with Gasteiger partial charge in [-0.3, -0.25) is 34.3 Å². The summed E-state index contributed by atoms with van der Waals surface area (Å²) in [5.41, 5.74) is 3.08. The number of anilines is 1. The molecule has 3 aromatic carbocycles. The highest BCUT2D eigenvalue weighted by Crippen LogP contribution is 2.65. The van der Waals surface area contributed by atoms with E-state index in [4.69, 9.17) is 37.4 Å². The van der Waals surface area contributed by atoms with Gasteiger partial charge in [-0.05, 0) is 72.4 Å². The van der Waals surface area contributed by atoms with Crippen LogP contribution in [-0.2, 0) is 29.4 Å². The third-order valence-corrected chi connectivity index (χ3v) is 11.6. The molecule has 2 aliphatic carbocycles. The molecule has 15 heteroatoms. The molecule has 2 saturated heterocycles. The van der Waals surface area contributed by atoms with Crippen molar-refractivity contribution in [3.63, 3.8) is 0 Å². The molecule has 0 unspecified atom stereocenters. The van der Waals surface area contributed by atoms with Gasteiger partial charge < -0.3 is 24.4 Å². The molecule has 0 bridgehead atoms. The summed E-state index contributed by atoms with van der Waals surface area (Å²) in [6, 6.07) is 14.6. The van der Waals surface area contributed by atoms with E-state index in [1.807, 2.05) is 6.08 Å². The van der Waals surface area contributed by atoms with Crippen LogP contribution in [0.3, 0.4) is 0 Å². The lowest BCUT2D eigenvalue weighted by Crippen LogP contribution is -2.53. The Balaban J connectivity index is 1.47. The predicted molar refractivity (Wildman–Crippen MR) is 191 cm³/mol. The number of ether oxygens (including phenoxy) is 3. The van der Waals surface area contributed by atoms with Gasteiger partial charge >= 0.3 is 5.97 Å². The number of aromatic hydroxyl groups is 1. The van der Waals surface area contributed by atoms with Crippen molar-refractivity contribution < 1.29 is 48.4 Å². The van der Waals surface area contributed by atoms with Crippen LogP contribution in [-0.4, -0.2) is 77.6 Å². The summed E-state index contributed by atoms with van der Waals surface area (Å²) in [5.74, 6) is -7.50. The SMILES string of the molecule is COc1ccc([C@@]23C(=O)N(Nc4ccc(Cl)cc4Cl)C(=O)[C@@H]2C[C@@H]2C(=CC[C@@H]4C(=O)N(CCC(=O)O)C(=O)[C@@H]42)[C@@H]3c2cc(OC)c(O)c(OC)c2)cc1. The Hall–Kier alpha value is -5.27. The number of halogens is 2. The molecule has 4 aliphatic rings. The van der Waals surface area contributed by atoms with Crippen LogP contribution in [0.5, 0.6) is 23.0 Å². The smallest absolute Gasteiger partial charge is 0.305 e. The van der Waals surface area contributed by atoms with Gasteiger partial charge in [0.15, 0.2) is 11.5 Å². The highest BCUT2D eigenvalue weighted by Gasteiger charge is 2.70. The minimum atomic E-state index is -1.66. The lowest BCUT2D eigenvalue weighted by molar-refractivity contribution is -0.143. The quantitative estimate of drug-likeness (QED) is 0.184. The van der Waals surface area contributed by atoms with Crippen molar-refractivity contribution in [2.45, 2.75) is 30.6 Å². The minimum Gasteiger partial charge on any atom is -0.502 e. The number of likely N-dealkylation sites (tertiary alicyclic amines) is 1. The number of hydrogen-bond donors (Lipinski definition) is 3. The molecule has 2 aliphatic heterocycles. The molecule has 0 spiro atoms. The Morgan fingerprint density at radius 1 is 0.906 bits per heavy atom. The lowest BCUT2D eigenvalue weighted by Gasteiger charge is -2.50. The number of rotatable bonds is 10. The van der Waals surface area contributed by atoms with Crippen LogP contribution in [0.4, 0.5) is 5.69 Å². The summed E-state index contributed by atoms with van der Waals surface area (Å²) < 4.78 is 16.5. The molecule has 4 amide bonds. The van der Waals surface area contributed by atoms with Crippen LogP contribution in [0.1, 0.15) is 36.3 Å². The van der Waals surface area contributed by atoms with Gasteiger partial charge in [-0.2, -0.15) is 5.01 Å². The van der Waals surface area contributed by atoms with Crippen LogP contribution >= 0.6 is 23.2 Å². The first-order valence-electron chi connectivity index (χ1n) is 16.8. The number of fused-ring (bicyclic) bond motifs is 4. The zero-order chi connectivity index (χ0) is 37.9. The average Bonchev–Trinajstić information content (AvgIpc) is 3.52. The molecule has 1 saturated carbocycles. The molecule has 6 atom stereocenters. The molecular formula is C38H35Cl2N3O10.